The predicted octanol–water partition coefficient (Wildman–Crippen LogP) is 5.44. The van der Waals surface area contributed by atoms with Crippen molar-refractivity contribution in [3.63, 3.8) is 0 Å². The van der Waals surface area contributed by atoms with Crippen molar-refractivity contribution < 1.29 is 4.79 Å². The van der Waals surface area contributed by atoms with Crippen LogP contribution in [-0.2, 0) is 0 Å². The minimum absolute atomic E-state index is 0.266. The van der Waals surface area contributed by atoms with Crippen LogP contribution in [0.4, 0.5) is 17.2 Å². The van der Waals surface area contributed by atoms with Gasteiger partial charge in [0.15, 0.2) is 5.82 Å². The summed E-state index contributed by atoms with van der Waals surface area (Å²) in [5, 5.41) is 24.1. The summed E-state index contributed by atoms with van der Waals surface area (Å²) in [6.07, 6.45) is 5.04. The molecule has 38 heavy (non-hydrogen) atoms. The molecule has 0 aliphatic heterocycles. The summed E-state index contributed by atoms with van der Waals surface area (Å²) in [5.41, 5.74) is 5.24. The van der Waals surface area contributed by atoms with Gasteiger partial charge >= 0.3 is 0 Å². The molecule has 4 heterocycles. The first-order valence-electron chi connectivity index (χ1n) is 11.9. The summed E-state index contributed by atoms with van der Waals surface area (Å²) in [6.45, 7) is 0. The highest BCUT2D eigenvalue weighted by molar-refractivity contribution is 6.09. The molecule has 0 atom stereocenters. The number of nitrogens with zero attached hydrogens (tertiary/aromatic N) is 5. The summed E-state index contributed by atoms with van der Waals surface area (Å²) in [7, 11) is 0. The number of benzene rings is 3. The molecule has 10 heteroatoms. The van der Waals surface area contributed by atoms with E-state index < -0.39 is 0 Å². The Hall–Kier alpha value is -5.64. The lowest BCUT2D eigenvalue weighted by Gasteiger charge is -2.07. The van der Waals surface area contributed by atoms with Gasteiger partial charge in [0.05, 0.1) is 29.1 Å². The second-order valence-corrected chi connectivity index (χ2v) is 8.78. The molecule has 0 aliphatic carbocycles. The van der Waals surface area contributed by atoms with E-state index in [1.165, 1.54) is 0 Å². The zero-order valence-corrected chi connectivity index (χ0v) is 19.8. The molecule has 4 N–H and O–H groups in total. The van der Waals surface area contributed by atoms with Crippen molar-refractivity contribution in [2.75, 3.05) is 10.6 Å². The van der Waals surface area contributed by atoms with Gasteiger partial charge in [-0.05, 0) is 42.5 Å². The highest BCUT2D eigenvalue weighted by atomic mass is 16.1. The molecule has 0 fully saturated rings. The number of aromatic amines is 2. The molecule has 1 amide bonds. The Labute approximate surface area is 215 Å². The molecular weight excluding hydrogens is 478 g/mol. The molecule has 0 saturated carbocycles. The Kier molecular flexibility index (Phi) is 5.00. The van der Waals surface area contributed by atoms with E-state index in [0.29, 0.717) is 28.5 Å². The molecule has 3 aromatic carbocycles. The lowest BCUT2D eigenvalue weighted by molar-refractivity contribution is 0.102. The van der Waals surface area contributed by atoms with E-state index in [9.17, 15) is 4.79 Å². The maximum absolute atomic E-state index is 13.0. The van der Waals surface area contributed by atoms with Crippen LogP contribution >= 0.6 is 0 Å². The van der Waals surface area contributed by atoms with E-state index in [-0.39, 0.29) is 5.91 Å². The number of anilines is 3. The van der Waals surface area contributed by atoms with Crippen molar-refractivity contribution >= 4 is 55.8 Å². The average Bonchev–Trinajstić information content (AvgIpc) is 3.60. The maximum Gasteiger partial charge on any atom is 0.272 e. The Morgan fingerprint density at radius 3 is 2.79 bits per heavy atom. The normalized spacial score (nSPS) is 11.3. The third-order valence-corrected chi connectivity index (χ3v) is 6.29. The van der Waals surface area contributed by atoms with Gasteiger partial charge < -0.3 is 15.6 Å². The molecule has 10 nitrogen and oxygen atoms in total. The molecule has 7 aromatic rings. The van der Waals surface area contributed by atoms with E-state index in [4.69, 9.17) is 0 Å². The highest BCUT2D eigenvalue weighted by Crippen LogP contribution is 2.26. The van der Waals surface area contributed by atoms with Crippen LogP contribution in [0.15, 0.2) is 91.4 Å². The van der Waals surface area contributed by atoms with Crippen LogP contribution in [0.1, 0.15) is 10.5 Å². The summed E-state index contributed by atoms with van der Waals surface area (Å²) in [5.74, 6) is 0.969. The number of carbonyl (C=O) groups is 1. The van der Waals surface area contributed by atoms with Crippen molar-refractivity contribution in [3.8, 4) is 11.4 Å². The molecule has 7 rings (SSSR count). The van der Waals surface area contributed by atoms with Crippen LogP contribution in [0.3, 0.4) is 0 Å². The first-order chi connectivity index (χ1) is 18.7. The van der Waals surface area contributed by atoms with E-state index in [2.05, 4.69) is 46.0 Å². The molecule has 0 spiro atoms. The summed E-state index contributed by atoms with van der Waals surface area (Å²) in [6, 6.07) is 22.9. The zero-order chi connectivity index (χ0) is 25.5. The van der Waals surface area contributed by atoms with Gasteiger partial charge in [-0.3, -0.25) is 9.89 Å². The second kappa shape index (κ2) is 8.79. The number of H-pyrrole nitrogens is 2. The van der Waals surface area contributed by atoms with Crippen LogP contribution in [0, 0.1) is 0 Å². The Morgan fingerprint density at radius 1 is 0.868 bits per heavy atom. The minimum Gasteiger partial charge on any atom is -0.350 e. The number of amides is 1. The van der Waals surface area contributed by atoms with Crippen molar-refractivity contribution in [3.05, 3.63) is 97.1 Å². The maximum atomic E-state index is 13.0. The van der Waals surface area contributed by atoms with Crippen molar-refractivity contribution in [2.45, 2.75) is 0 Å². The zero-order valence-electron chi connectivity index (χ0n) is 19.8. The van der Waals surface area contributed by atoms with Gasteiger partial charge in [-0.25, -0.2) is 9.97 Å². The third-order valence-electron chi connectivity index (χ3n) is 6.29. The predicted molar refractivity (Wildman–Crippen MR) is 146 cm³/mol. The van der Waals surface area contributed by atoms with Crippen LogP contribution < -0.4 is 10.6 Å². The van der Waals surface area contributed by atoms with Crippen molar-refractivity contribution in [1.29, 1.82) is 0 Å². The van der Waals surface area contributed by atoms with Gasteiger partial charge in [-0.2, -0.15) is 15.3 Å². The fraction of sp³-hybridized carbons (Fsp3) is 0. The molecule has 182 valence electrons. The van der Waals surface area contributed by atoms with E-state index >= 15 is 0 Å². The lowest BCUT2D eigenvalue weighted by Crippen LogP contribution is -2.13. The number of fused-ring (bicyclic) bond motifs is 3. The Bertz CT molecular complexity index is 1970. The number of hydrogen-bond donors (Lipinski definition) is 4. The van der Waals surface area contributed by atoms with E-state index in [1.54, 1.807) is 18.6 Å². The second-order valence-electron chi connectivity index (χ2n) is 8.78. The van der Waals surface area contributed by atoms with Crippen LogP contribution in [0.2, 0.25) is 0 Å². The average molecular weight is 498 g/mol. The summed E-state index contributed by atoms with van der Waals surface area (Å²) >= 11 is 0. The molecule has 0 saturated heterocycles. The number of nitrogens with one attached hydrogen (secondary N) is 4. The molecule has 0 aliphatic rings. The summed E-state index contributed by atoms with van der Waals surface area (Å²) in [4.78, 5) is 25.4. The number of carbonyl (C=O) groups excluding carboxylic acids is 1. The number of aromatic nitrogens is 7. The lowest BCUT2D eigenvalue weighted by atomic mass is 10.1. The van der Waals surface area contributed by atoms with Gasteiger partial charge in [0.25, 0.3) is 5.91 Å². The third kappa shape index (κ3) is 3.95. The summed E-state index contributed by atoms with van der Waals surface area (Å²) < 4.78 is 0. The monoisotopic (exact) mass is 497 g/mol. The largest absolute Gasteiger partial charge is 0.350 e. The molecule has 0 radical (unpaired) electrons. The fourth-order valence-corrected chi connectivity index (χ4v) is 4.42. The van der Waals surface area contributed by atoms with Crippen LogP contribution in [0.5, 0.6) is 0 Å². The quantitative estimate of drug-likeness (QED) is 0.248. The first-order valence-corrected chi connectivity index (χ1v) is 11.9. The van der Waals surface area contributed by atoms with Crippen LogP contribution in [0.25, 0.3) is 44.1 Å². The molecule has 0 bridgehead atoms. The minimum atomic E-state index is -0.266. The Balaban J connectivity index is 1.14. The molecule has 4 aromatic heterocycles. The molecule has 0 unspecified atom stereocenters. The van der Waals surface area contributed by atoms with E-state index in [0.717, 1.165) is 38.4 Å². The molecular formula is C28H19N9O. The smallest absolute Gasteiger partial charge is 0.272 e. The number of hydrogen-bond acceptors (Lipinski definition) is 7. The highest BCUT2D eigenvalue weighted by Gasteiger charge is 2.13. The standard InChI is InChI=1S/C28H19N9O/c38-28(34-25-15-31-37-22-4-2-1-3-20(22)25)24-12-16-5-6-17(13-23(16)33-24)27-29-10-9-26(35-27)32-19-7-8-21-18(11-19)14-30-36-21/h1-15,33H,(H,30,36)(H,29,32,35)(H,34,37,38). The van der Waals surface area contributed by atoms with Gasteiger partial charge in [0.1, 0.15) is 11.5 Å². The van der Waals surface area contributed by atoms with Crippen molar-refractivity contribution in [1.82, 2.24) is 35.3 Å². The topological polar surface area (TPSA) is 137 Å². The van der Waals surface area contributed by atoms with Gasteiger partial charge in [-0.15, -0.1) is 0 Å². The fourth-order valence-electron chi connectivity index (χ4n) is 4.42. The van der Waals surface area contributed by atoms with Crippen molar-refractivity contribution in [2.24, 2.45) is 0 Å². The SMILES string of the molecule is O=C(Nc1cnnc2ccccc12)c1cc2ccc(-c3nccc(Nc4ccc5[nH]ncc5c4)n3)cc2[nH]1. The first kappa shape index (κ1) is 21.6. The van der Waals surface area contributed by atoms with Gasteiger partial charge in [-0.1, -0.05) is 30.3 Å². The van der Waals surface area contributed by atoms with Crippen LogP contribution in [-0.4, -0.2) is 41.3 Å². The number of rotatable bonds is 5. The Morgan fingerprint density at radius 2 is 1.82 bits per heavy atom. The van der Waals surface area contributed by atoms with Gasteiger partial charge in [0.2, 0.25) is 0 Å². The van der Waals surface area contributed by atoms with E-state index in [1.807, 2.05) is 72.8 Å². The van der Waals surface area contributed by atoms with Gasteiger partial charge in [0, 0.05) is 39.1 Å².